The van der Waals surface area contributed by atoms with Crippen LogP contribution in [0.1, 0.15) is 6.92 Å². The molecule has 1 rings (SSSR count). The fourth-order valence-electron chi connectivity index (χ4n) is 1.15. The molecule has 0 spiro atoms. The molecule has 1 aromatic carbocycles. The molecule has 0 unspecified atom stereocenters. The Morgan fingerprint density at radius 2 is 1.89 bits per heavy atom. The molecule has 104 valence electrons. The van der Waals surface area contributed by atoms with Crippen LogP contribution in [0.25, 0.3) is 0 Å². The van der Waals surface area contributed by atoms with Gasteiger partial charge in [-0.3, -0.25) is 4.79 Å². The minimum atomic E-state index is -1.68. The number of hydrogen-bond acceptors (Lipinski definition) is 3. The van der Waals surface area contributed by atoms with E-state index in [4.69, 9.17) is 0 Å². The molecular formula is C11H11F3N2O3. The third kappa shape index (κ3) is 4.16. The number of carbonyl (C=O) groups excluding carboxylic acids is 2. The Bertz CT molecular complexity index is 494. The molecule has 5 nitrogen and oxygen atoms in total. The lowest BCUT2D eigenvalue weighted by molar-refractivity contribution is -0.115. The monoisotopic (exact) mass is 276 g/mol. The number of amides is 2. The molecular weight excluding hydrogens is 265 g/mol. The quantitative estimate of drug-likeness (QED) is 0.824. The van der Waals surface area contributed by atoms with Gasteiger partial charge in [-0.2, -0.15) is 0 Å². The smallest absolute Gasteiger partial charge is 0.407 e. The van der Waals surface area contributed by atoms with Crippen molar-refractivity contribution in [1.29, 1.82) is 0 Å². The first-order valence-corrected chi connectivity index (χ1v) is 5.29. The summed E-state index contributed by atoms with van der Waals surface area (Å²) in [6, 6.07) is 1.54. The van der Waals surface area contributed by atoms with Crippen molar-refractivity contribution in [1.82, 2.24) is 5.32 Å². The number of alkyl carbamates (subject to hydrolysis) is 1. The van der Waals surface area contributed by atoms with Crippen LogP contribution in [-0.2, 0) is 9.53 Å². The van der Waals surface area contributed by atoms with Gasteiger partial charge in [0.15, 0.2) is 17.5 Å². The van der Waals surface area contributed by atoms with Crippen molar-refractivity contribution in [2.24, 2.45) is 0 Å². The van der Waals surface area contributed by atoms with Crippen LogP contribution >= 0.6 is 0 Å². The third-order valence-corrected chi connectivity index (χ3v) is 1.98. The average Bonchev–Trinajstić information content (AvgIpc) is 2.37. The molecule has 0 aliphatic heterocycles. The van der Waals surface area contributed by atoms with Crippen LogP contribution in [0.15, 0.2) is 12.1 Å². The van der Waals surface area contributed by atoms with Crippen molar-refractivity contribution < 1.29 is 27.5 Å². The molecule has 0 saturated carbocycles. The summed E-state index contributed by atoms with van der Waals surface area (Å²) >= 11 is 0. The molecule has 1 aromatic rings. The zero-order valence-corrected chi connectivity index (χ0v) is 9.93. The van der Waals surface area contributed by atoms with Crippen molar-refractivity contribution in [2.75, 3.05) is 18.5 Å². The number of benzene rings is 1. The van der Waals surface area contributed by atoms with E-state index in [0.717, 1.165) is 6.07 Å². The van der Waals surface area contributed by atoms with Crippen LogP contribution in [0.3, 0.4) is 0 Å². The molecule has 0 atom stereocenters. The Morgan fingerprint density at radius 1 is 1.21 bits per heavy atom. The Morgan fingerprint density at radius 3 is 2.53 bits per heavy atom. The number of halogens is 3. The highest BCUT2D eigenvalue weighted by molar-refractivity contribution is 5.93. The summed E-state index contributed by atoms with van der Waals surface area (Å²) in [5, 5.41) is 4.07. The van der Waals surface area contributed by atoms with Crippen LogP contribution in [0, 0.1) is 17.5 Å². The van der Waals surface area contributed by atoms with Crippen molar-refractivity contribution >= 4 is 17.7 Å². The van der Waals surface area contributed by atoms with Gasteiger partial charge < -0.3 is 15.4 Å². The van der Waals surface area contributed by atoms with E-state index >= 15 is 0 Å². The van der Waals surface area contributed by atoms with Gasteiger partial charge in [0.25, 0.3) is 0 Å². The van der Waals surface area contributed by atoms with E-state index in [1.54, 1.807) is 6.92 Å². The number of carbonyl (C=O) groups is 2. The summed E-state index contributed by atoms with van der Waals surface area (Å²) < 4.78 is 43.2. The van der Waals surface area contributed by atoms with Crippen LogP contribution < -0.4 is 10.6 Å². The van der Waals surface area contributed by atoms with Crippen LogP contribution in [0.5, 0.6) is 0 Å². The molecule has 19 heavy (non-hydrogen) atoms. The molecule has 0 saturated heterocycles. The lowest BCUT2D eigenvalue weighted by Crippen LogP contribution is -2.33. The molecule has 0 aliphatic carbocycles. The van der Waals surface area contributed by atoms with Crippen molar-refractivity contribution in [3.05, 3.63) is 29.6 Å². The number of hydrogen-bond donors (Lipinski definition) is 2. The van der Waals surface area contributed by atoms with E-state index < -0.39 is 41.7 Å². The van der Waals surface area contributed by atoms with E-state index in [2.05, 4.69) is 10.1 Å². The lowest BCUT2D eigenvalue weighted by Gasteiger charge is -2.08. The van der Waals surface area contributed by atoms with Gasteiger partial charge >= 0.3 is 6.09 Å². The first-order chi connectivity index (χ1) is 8.95. The zero-order chi connectivity index (χ0) is 14.4. The maximum absolute atomic E-state index is 13.2. The molecule has 0 aliphatic rings. The van der Waals surface area contributed by atoms with Crippen molar-refractivity contribution in [3.8, 4) is 0 Å². The predicted octanol–water partition coefficient (Wildman–Crippen LogP) is 1.79. The summed E-state index contributed by atoms with van der Waals surface area (Å²) in [5.74, 6) is -5.36. The van der Waals surface area contributed by atoms with Crippen molar-refractivity contribution in [3.63, 3.8) is 0 Å². The lowest BCUT2D eigenvalue weighted by atomic mass is 10.2. The highest BCUT2D eigenvalue weighted by Crippen LogP contribution is 2.19. The van der Waals surface area contributed by atoms with E-state index in [9.17, 15) is 22.8 Å². The van der Waals surface area contributed by atoms with E-state index in [1.165, 1.54) is 0 Å². The maximum Gasteiger partial charge on any atom is 0.407 e. The van der Waals surface area contributed by atoms with Crippen LogP contribution in [-0.4, -0.2) is 25.2 Å². The van der Waals surface area contributed by atoms with Gasteiger partial charge in [0.05, 0.1) is 12.3 Å². The van der Waals surface area contributed by atoms with Gasteiger partial charge in [0, 0.05) is 0 Å². The predicted molar refractivity (Wildman–Crippen MR) is 60.0 cm³/mol. The average molecular weight is 276 g/mol. The number of ether oxygens (including phenoxy) is 1. The number of anilines is 1. The SMILES string of the molecule is CCOC(=O)NCC(=O)Nc1ccc(F)c(F)c1F. The van der Waals surface area contributed by atoms with Gasteiger partial charge in [-0.1, -0.05) is 0 Å². The molecule has 0 fully saturated rings. The second kappa shape index (κ2) is 6.62. The Labute approximate surface area is 106 Å². The fourth-order valence-corrected chi connectivity index (χ4v) is 1.15. The molecule has 0 bridgehead atoms. The molecule has 0 aromatic heterocycles. The summed E-state index contributed by atoms with van der Waals surface area (Å²) in [5.41, 5.74) is -0.519. The second-order valence-corrected chi connectivity index (χ2v) is 3.35. The normalized spacial score (nSPS) is 9.89. The molecule has 2 amide bonds. The molecule has 0 radical (unpaired) electrons. The number of nitrogens with one attached hydrogen (secondary N) is 2. The second-order valence-electron chi connectivity index (χ2n) is 3.35. The summed E-state index contributed by atoms with van der Waals surface area (Å²) in [7, 11) is 0. The third-order valence-electron chi connectivity index (χ3n) is 1.98. The first kappa shape index (κ1) is 14.8. The summed E-state index contributed by atoms with van der Waals surface area (Å²) in [4.78, 5) is 22.2. The van der Waals surface area contributed by atoms with Crippen molar-refractivity contribution in [2.45, 2.75) is 6.92 Å². The molecule has 0 heterocycles. The topological polar surface area (TPSA) is 67.4 Å². The highest BCUT2D eigenvalue weighted by atomic mass is 19.2. The van der Waals surface area contributed by atoms with E-state index in [-0.39, 0.29) is 6.61 Å². The van der Waals surface area contributed by atoms with Gasteiger partial charge in [-0.05, 0) is 19.1 Å². The van der Waals surface area contributed by atoms with E-state index in [1.807, 2.05) is 5.32 Å². The van der Waals surface area contributed by atoms with Gasteiger partial charge in [-0.25, -0.2) is 18.0 Å². The number of rotatable bonds is 4. The van der Waals surface area contributed by atoms with Crippen LogP contribution in [0.4, 0.5) is 23.7 Å². The fraction of sp³-hybridized carbons (Fsp3) is 0.273. The zero-order valence-electron chi connectivity index (χ0n) is 9.93. The van der Waals surface area contributed by atoms with Gasteiger partial charge in [-0.15, -0.1) is 0 Å². The van der Waals surface area contributed by atoms with Gasteiger partial charge in [0.1, 0.15) is 6.54 Å². The minimum absolute atomic E-state index is 0.130. The van der Waals surface area contributed by atoms with Gasteiger partial charge in [0.2, 0.25) is 5.91 Å². The molecule has 8 heteroatoms. The molecule has 2 N–H and O–H groups in total. The standard InChI is InChI=1S/C11H11F3N2O3/c1-2-19-11(18)15-5-8(17)16-7-4-3-6(12)9(13)10(7)14/h3-4H,2,5H2,1H3,(H,15,18)(H,16,17). The highest BCUT2D eigenvalue weighted by Gasteiger charge is 2.15. The van der Waals surface area contributed by atoms with Crippen LogP contribution in [0.2, 0.25) is 0 Å². The maximum atomic E-state index is 13.2. The summed E-state index contributed by atoms with van der Waals surface area (Å²) in [6.45, 7) is 1.22. The minimum Gasteiger partial charge on any atom is -0.450 e. The largest absolute Gasteiger partial charge is 0.450 e. The first-order valence-electron chi connectivity index (χ1n) is 5.29. The summed E-state index contributed by atoms with van der Waals surface area (Å²) in [6.07, 6.45) is -0.816. The Hall–Kier alpha value is -2.25. The Kier molecular flexibility index (Phi) is 5.16. The Balaban J connectivity index is 2.58. The van der Waals surface area contributed by atoms with E-state index in [0.29, 0.717) is 6.07 Å².